The van der Waals surface area contributed by atoms with Gasteiger partial charge in [0, 0.05) is 37.4 Å². The van der Waals surface area contributed by atoms with Crippen molar-refractivity contribution in [1.29, 1.82) is 5.26 Å². The quantitative estimate of drug-likeness (QED) is 0.641. The van der Waals surface area contributed by atoms with Crippen molar-refractivity contribution < 1.29 is 9.53 Å². The molecule has 182 valence electrons. The van der Waals surface area contributed by atoms with Crippen LogP contribution < -0.4 is 0 Å². The Kier molecular flexibility index (Phi) is 7.66. The van der Waals surface area contributed by atoms with Crippen molar-refractivity contribution in [3.05, 3.63) is 65.3 Å². The van der Waals surface area contributed by atoms with Crippen LogP contribution in [-0.4, -0.2) is 65.0 Å². The van der Waals surface area contributed by atoms with E-state index in [1.165, 1.54) is 0 Å². The predicted octanol–water partition coefficient (Wildman–Crippen LogP) is 3.61. The van der Waals surface area contributed by atoms with Gasteiger partial charge in [0.1, 0.15) is 18.1 Å². The van der Waals surface area contributed by atoms with Gasteiger partial charge in [0.2, 0.25) is 5.91 Å². The summed E-state index contributed by atoms with van der Waals surface area (Å²) in [5.41, 5.74) is 3.26. The van der Waals surface area contributed by atoms with Crippen LogP contribution in [0.25, 0.3) is 11.3 Å². The van der Waals surface area contributed by atoms with Crippen molar-refractivity contribution in [2.75, 3.05) is 33.3 Å². The van der Waals surface area contributed by atoms with Gasteiger partial charge in [0.25, 0.3) is 0 Å². The van der Waals surface area contributed by atoms with Crippen molar-refractivity contribution in [1.82, 2.24) is 19.6 Å². The summed E-state index contributed by atoms with van der Waals surface area (Å²) in [4.78, 5) is 21.9. The third-order valence-electron chi connectivity index (χ3n) is 6.44. The van der Waals surface area contributed by atoms with Crippen molar-refractivity contribution in [2.24, 2.45) is 10.9 Å². The first-order valence-corrected chi connectivity index (χ1v) is 12.1. The molecule has 1 aromatic heterocycles. The lowest BCUT2D eigenvalue weighted by Gasteiger charge is -2.36. The van der Waals surface area contributed by atoms with Crippen LogP contribution in [0.2, 0.25) is 0 Å². The van der Waals surface area contributed by atoms with Crippen molar-refractivity contribution >= 4 is 12.1 Å². The molecule has 8 nitrogen and oxygen atoms in total. The van der Waals surface area contributed by atoms with E-state index in [1.807, 2.05) is 29.2 Å². The first kappa shape index (κ1) is 24.3. The first-order valence-electron chi connectivity index (χ1n) is 12.1. The van der Waals surface area contributed by atoms with Crippen LogP contribution in [0.15, 0.2) is 59.1 Å². The number of hydrogen-bond acceptors (Lipinski definition) is 6. The summed E-state index contributed by atoms with van der Waals surface area (Å²) in [6.07, 6.45) is 7.70. The minimum absolute atomic E-state index is 0.0629. The normalized spacial score (nSPS) is 18.3. The maximum Gasteiger partial charge on any atom is 0.244 e. The maximum absolute atomic E-state index is 13.1. The maximum atomic E-state index is 13.1. The molecule has 2 aromatic rings. The van der Waals surface area contributed by atoms with Gasteiger partial charge in [-0.1, -0.05) is 26.0 Å². The highest BCUT2D eigenvalue weighted by Gasteiger charge is 2.24. The highest BCUT2D eigenvalue weighted by atomic mass is 16.5. The van der Waals surface area contributed by atoms with Crippen LogP contribution in [-0.2, 0) is 22.5 Å². The average Bonchev–Trinajstić information content (AvgIpc) is 3.29. The van der Waals surface area contributed by atoms with Gasteiger partial charge < -0.3 is 14.5 Å². The summed E-state index contributed by atoms with van der Waals surface area (Å²) >= 11 is 0. The number of rotatable bonds is 6. The SMILES string of the molecule is CCc1cc(-c2cccc(C#N)c2)nn1CC(=O)N1CCN(C2=CC(C)CC=C(OC)C=N2)CC1. The molecular weight excluding hydrogens is 440 g/mol. The summed E-state index contributed by atoms with van der Waals surface area (Å²) in [5, 5.41) is 13.9. The number of ether oxygens (including phenoxy) is 1. The van der Waals surface area contributed by atoms with E-state index in [-0.39, 0.29) is 12.5 Å². The number of aryl methyl sites for hydroxylation is 1. The van der Waals surface area contributed by atoms with E-state index < -0.39 is 0 Å². The minimum Gasteiger partial charge on any atom is -0.495 e. The molecule has 0 aliphatic carbocycles. The number of benzene rings is 1. The summed E-state index contributed by atoms with van der Waals surface area (Å²) in [6.45, 7) is 7.20. The number of carbonyl (C=O) groups is 1. The summed E-state index contributed by atoms with van der Waals surface area (Å²) in [6, 6.07) is 11.6. The Morgan fingerprint density at radius 3 is 2.74 bits per heavy atom. The fourth-order valence-electron chi connectivity index (χ4n) is 4.35. The van der Waals surface area contributed by atoms with Gasteiger partial charge in [-0.05, 0) is 49.1 Å². The molecule has 2 aliphatic heterocycles. The van der Waals surface area contributed by atoms with Crippen LogP contribution >= 0.6 is 0 Å². The summed E-state index contributed by atoms with van der Waals surface area (Å²) in [7, 11) is 1.66. The number of amides is 1. The van der Waals surface area contributed by atoms with Gasteiger partial charge in [-0.3, -0.25) is 9.48 Å². The zero-order chi connectivity index (χ0) is 24.8. The number of nitrogens with zero attached hydrogens (tertiary/aromatic N) is 6. The zero-order valence-electron chi connectivity index (χ0n) is 20.6. The number of allylic oxidation sites excluding steroid dienone is 3. The molecule has 0 bridgehead atoms. The highest BCUT2D eigenvalue weighted by molar-refractivity contribution is 5.77. The molecule has 35 heavy (non-hydrogen) atoms. The Morgan fingerprint density at radius 2 is 2.03 bits per heavy atom. The lowest BCUT2D eigenvalue weighted by molar-refractivity contribution is -0.133. The van der Waals surface area contributed by atoms with E-state index in [2.05, 4.69) is 42.0 Å². The number of aromatic nitrogens is 2. The van der Waals surface area contributed by atoms with Gasteiger partial charge in [-0.25, -0.2) is 4.99 Å². The lowest BCUT2D eigenvalue weighted by atomic mass is 10.1. The second kappa shape index (κ2) is 11.0. The molecular formula is C27H32N6O2. The average molecular weight is 473 g/mol. The van der Waals surface area contributed by atoms with Gasteiger partial charge in [-0.15, -0.1) is 0 Å². The van der Waals surface area contributed by atoms with E-state index in [4.69, 9.17) is 9.84 Å². The number of nitriles is 1. The van der Waals surface area contributed by atoms with E-state index in [9.17, 15) is 10.1 Å². The molecule has 0 radical (unpaired) electrons. The number of hydrogen-bond donors (Lipinski definition) is 0. The Balaban J connectivity index is 1.40. The number of methoxy groups -OCH3 is 1. The fraction of sp³-hybridized carbons (Fsp3) is 0.407. The molecule has 1 amide bonds. The van der Waals surface area contributed by atoms with Crippen LogP contribution in [0.1, 0.15) is 31.5 Å². The Morgan fingerprint density at radius 1 is 1.23 bits per heavy atom. The van der Waals surface area contributed by atoms with Crippen LogP contribution in [0.5, 0.6) is 0 Å². The molecule has 1 aromatic carbocycles. The second-order valence-electron chi connectivity index (χ2n) is 8.90. The highest BCUT2D eigenvalue weighted by Crippen LogP contribution is 2.22. The van der Waals surface area contributed by atoms with E-state index in [0.717, 1.165) is 54.5 Å². The van der Waals surface area contributed by atoms with Crippen molar-refractivity contribution in [2.45, 2.75) is 33.2 Å². The van der Waals surface area contributed by atoms with Gasteiger partial charge in [-0.2, -0.15) is 10.4 Å². The molecule has 3 heterocycles. The van der Waals surface area contributed by atoms with E-state index in [0.29, 0.717) is 24.6 Å². The predicted molar refractivity (Wildman–Crippen MR) is 135 cm³/mol. The lowest BCUT2D eigenvalue weighted by Crippen LogP contribution is -2.49. The topological polar surface area (TPSA) is 86.8 Å². The van der Waals surface area contributed by atoms with E-state index in [1.54, 1.807) is 24.1 Å². The van der Waals surface area contributed by atoms with Crippen LogP contribution in [0.3, 0.4) is 0 Å². The van der Waals surface area contributed by atoms with Gasteiger partial charge in [0.05, 0.1) is 30.7 Å². The first-order chi connectivity index (χ1) is 17.0. The fourth-order valence-corrected chi connectivity index (χ4v) is 4.35. The number of aliphatic imine (C=N–C) groups is 1. The smallest absolute Gasteiger partial charge is 0.244 e. The minimum atomic E-state index is 0.0629. The second-order valence-corrected chi connectivity index (χ2v) is 8.90. The molecule has 8 heteroatoms. The summed E-state index contributed by atoms with van der Waals surface area (Å²) in [5.74, 6) is 2.15. The molecule has 0 saturated carbocycles. The molecule has 1 atom stereocenters. The third kappa shape index (κ3) is 5.80. The largest absolute Gasteiger partial charge is 0.495 e. The molecule has 1 fully saturated rings. The molecule has 1 unspecified atom stereocenters. The Labute approximate surface area is 206 Å². The molecule has 1 saturated heterocycles. The van der Waals surface area contributed by atoms with Crippen LogP contribution in [0, 0.1) is 17.2 Å². The molecule has 0 N–H and O–H groups in total. The van der Waals surface area contributed by atoms with E-state index >= 15 is 0 Å². The number of carbonyl (C=O) groups excluding carboxylic acids is 1. The van der Waals surface area contributed by atoms with Gasteiger partial charge >= 0.3 is 0 Å². The van der Waals surface area contributed by atoms with Crippen molar-refractivity contribution in [3.8, 4) is 17.3 Å². The molecule has 2 aliphatic rings. The standard InChI is InChI=1S/C27H32N6O2/c1-4-23-16-25(22-7-5-6-21(15-22)17-28)30-33(23)19-27(34)32-12-10-31(11-13-32)26-14-20(2)8-9-24(35-3)18-29-26/h5-7,9,14-16,18,20H,4,8,10-13,19H2,1-3H3. The summed E-state index contributed by atoms with van der Waals surface area (Å²) < 4.78 is 7.16. The zero-order valence-corrected chi connectivity index (χ0v) is 20.6. The van der Waals surface area contributed by atoms with Gasteiger partial charge in [0.15, 0.2) is 0 Å². The van der Waals surface area contributed by atoms with Crippen LogP contribution in [0.4, 0.5) is 0 Å². The Hall–Kier alpha value is -3.86. The molecule has 4 rings (SSSR count). The number of piperazine rings is 1. The third-order valence-corrected chi connectivity index (χ3v) is 6.44. The molecule has 0 spiro atoms. The van der Waals surface area contributed by atoms with Crippen molar-refractivity contribution in [3.63, 3.8) is 0 Å². The monoisotopic (exact) mass is 472 g/mol. The Bertz CT molecular complexity index is 1190.